The van der Waals surface area contributed by atoms with Crippen molar-refractivity contribution < 1.29 is 4.79 Å². The maximum Gasteiger partial charge on any atom is 0.120 e. The predicted molar refractivity (Wildman–Crippen MR) is 34.8 cm³/mol. The van der Waals surface area contributed by atoms with E-state index >= 15 is 0 Å². The first-order chi connectivity index (χ1) is 3.81. The van der Waals surface area contributed by atoms with Crippen LogP contribution in [0.15, 0.2) is 0 Å². The van der Waals surface area contributed by atoms with Crippen molar-refractivity contribution in [2.24, 2.45) is 5.92 Å². The van der Waals surface area contributed by atoms with Gasteiger partial charge in [0.2, 0.25) is 0 Å². The molecular formula is C7H14O. The molecule has 0 bridgehead atoms. The lowest BCUT2D eigenvalue weighted by atomic mass is 10.0. The highest BCUT2D eigenvalue weighted by atomic mass is 16.1. The van der Waals surface area contributed by atoms with Crippen LogP contribution < -0.4 is 0 Å². The molecular weight excluding hydrogens is 100 g/mol. The van der Waals surface area contributed by atoms with Crippen LogP contribution in [0, 0.1) is 5.92 Å². The number of aldehydes is 1. The molecule has 0 fully saturated rings. The minimum Gasteiger partial charge on any atom is -0.303 e. The average Bonchev–Trinajstić information content (AvgIpc) is 1.68. The lowest BCUT2D eigenvalue weighted by Crippen LogP contribution is -1.92. The Kier molecular flexibility index (Phi) is 4.62. The minimum atomic E-state index is 0.595. The highest BCUT2D eigenvalue weighted by Gasteiger charge is 1.96. The van der Waals surface area contributed by atoms with Crippen LogP contribution in [0.25, 0.3) is 0 Å². The average molecular weight is 114 g/mol. The summed E-state index contributed by atoms with van der Waals surface area (Å²) in [6, 6.07) is 0. The van der Waals surface area contributed by atoms with Crippen LogP contribution in [0.2, 0.25) is 0 Å². The van der Waals surface area contributed by atoms with Gasteiger partial charge in [0.15, 0.2) is 0 Å². The van der Waals surface area contributed by atoms with E-state index in [1.807, 2.05) is 0 Å². The summed E-state index contributed by atoms with van der Waals surface area (Å²) in [6.07, 6.45) is 4.10. The molecule has 0 aromatic carbocycles. The zero-order chi connectivity index (χ0) is 6.41. The standard InChI is InChI=1S/C7H14O/c1-3-4-7(2)5-6-8/h6-7H,3-5H2,1-2H3. The quantitative estimate of drug-likeness (QED) is 0.511. The van der Waals surface area contributed by atoms with Crippen molar-refractivity contribution in [3.63, 3.8) is 0 Å². The van der Waals surface area contributed by atoms with Gasteiger partial charge in [-0.3, -0.25) is 0 Å². The Bertz CT molecular complexity index is 59.4. The summed E-state index contributed by atoms with van der Waals surface area (Å²) < 4.78 is 0. The van der Waals surface area contributed by atoms with Crippen LogP contribution >= 0.6 is 0 Å². The molecule has 0 aliphatic heterocycles. The monoisotopic (exact) mass is 114 g/mol. The fourth-order valence-electron chi connectivity index (χ4n) is 0.775. The van der Waals surface area contributed by atoms with Crippen molar-refractivity contribution in [3.8, 4) is 0 Å². The van der Waals surface area contributed by atoms with Gasteiger partial charge in [0.1, 0.15) is 6.29 Å². The van der Waals surface area contributed by atoms with Crippen LogP contribution in [0.4, 0.5) is 0 Å². The van der Waals surface area contributed by atoms with Gasteiger partial charge in [-0.1, -0.05) is 26.7 Å². The molecule has 1 heteroatoms. The van der Waals surface area contributed by atoms with Gasteiger partial charge in [0.05, 0.1) is 0 Å². The Hall–Kier alpha value is -0.330. The van der Waals surface area contributed by atoms with Crippen molar-refractivity contribution in [1.82, 2.24) is 0 Å². The van der Waals surface area contributed by atoms with E-state index in [4.69, 9.17) is 0 Å². The number of carbonyl (C=O) groups excluding carboxylic acids is 1. The van der Waals surface area contributed by atoms with Gasteiger partial charge in [0, 0.05) is 6.42 Å². The van der Waals surface area contributed by atoms with E-state index in [9.17, 15) is 4.79 Å². The molecule has 0 N–H and O–H groups in total. The lowest BCUT2D eigenvalue weighted by molar-refractivity contribution is -0.108. The zero-order valence-corrected chi connectivity index (χ0v) is 5.68. The highest BCUT2D eigenvalue weighted by Crippen LogP contribution is 2.06. The van der Waals surface area contributed by atoms with E-state index in [-0.39, 0.29) is 0 Å². The van der Waals surface area contributed by atoms with Crippen molar-refractivity contribution in [3.05, 3.63) is 0 Å². The van der Waals surface area contributed by atoms with Gasteiger partial charge in [0.25, 0.3) is 0 Å². The third-order valence-electron chi connectivity index (χ3n) is 1.28. The maximum absolute atomic E-state index is 9.89. The molecule has 1 atom stereocenters. The Morgan fingerprint density at radius 1 is 1.62 bits per heavy atom. The van der Waals surface area contributed by atoms with Crippen LogP contribution in [-0.2, 0) is 4.79 Å². The fourth-order valence-corrected chi connectivity index (χ4v) is 0.775. The second-order valence-electron chi connectivity index (χ2n) is 2.30. The Labute approximate surface area is 51.1 Å². The van der Waals surface area contributed by atoms with Crippen LogP contribution in [0.1, 0.15) is 33.1 Å². The summed E-state index contributed by atoms with van der Waals surface area (Å²) in [6.45, 7) is 4.25. The van der Waals surface area contributed by atoms with Gasteiger partial charge in [-0.25, -0.2) is 0 Å². The summed E-state index contributed by atoms with van der Waals surface area (Å²) in [7, 11) is 0. The summed E-state index contributed by atoms with van der Waals surface area (Å²) >= 11 is 0. The minimum absolute atomic E-state index is 0.595. The topological polar surface area (TPSA) is 17.1 Å². The second kappa shape index (κ2) is 4.82. The summed E-state index contributed by atoms with van der Waals surface area (Å²) in [5.41, 5.74) is 0. The number of rotatable bonds is 4. The maximum atomic E-state index is 9.89. The molecule has 1 unspecified atom stereocenters. The molecule has 48 valence electrons. The summed E-state index contributed by atoms with van der Waals surface area (Å²) in [5, 5.41) is 0. The van der Waals surface area contributed by atoms with Crippen molar-refractivity contribution in [2.45, 2.75) is 33.1 Å². The Morgan fingerprint density at radius 3 is 2.62 bits per heavy atom. The molecule has 0 amide bonds. The molecule has 0 radical (unpaired) electrons. The number of hydrogen-bond donors (Lipinski definition) is 0. The molecule has 0 heterocycles. The number of carbonyl (C=O) groups is 1. The Morgan fingerprint density at radius 2 is 2.25 bits per heavy atom. The normalized spacial score (nSPS) is 13.2. The molecule has 0 aliphatic carbocycles. The molecule has 0 saturated heterocycles. The van der Waals surface area contributed by atoms with Crippen molar-refractivity contribution in [1.29, 1.82) is 0 Å². The van der Waals surface area contributed by atoms with E-state index in [1.54, 1.807) is 0 Å². The molecule has 0 saturated carbocycles. The van der Waals surface area contributed by atoms with Crippen LogP contribution in [0.3, 0.4) is 0 Å². The van der Waals surface area contributed by atoms with E-state index in [0.29, 0.717) is 5.92 Å². The SMILES string of the molecule is CCCC(C)CC=O. The molecule has 0 aromatic heterocycles. The first-order valence-corrected chi connectivity index (χ1v) is 3.24. The Balaban J connectivity index is 3.03. The van der Waals surface area contributed by atoms with Crippen LogP contribution in [0.5, 0.6) is 0 Å². The first kappa shape index (κ1) is 7.67. The molecule has 1 nitrogen and oxygen atoms in total. The lowest BCUT2D eigenvalue weighted by Gasteiger charge is -2.01. The summed E-state index contributed by atoms with van der Waals surface area (Å²) in [4.78, 5) is 9.89. The molecule has 8 heavy (non-hydrogen) atoms. The molecule has 0 aliphatic rings. The van der Waals surface area contributed by atoms with Gasteiger partial charge < -0.3 is 4.79 Å². The molecule has 0 spiro atoms. The van der Waals surface area contributed by atoms with Gasteiger partial charge in [-0.2, -0.15) is 0 Å². The molecule has 0 rings (SSSR count). The van der Waals surface area contributed by atoms with E-state index in [1.165, 1.54) is 12.8 Å². The molecule has 0 aromatic rings. The van der Waals surface area contributed by atoms with Gasteiger partial charge in [-0.05, 0) is 5.92 Å². The fraction of sp³-hybridized carbons (Fsp3) is 0.857. The first-order valence-electron chi connectivity index (χ1n) is 3.24. The predicted octanol–water partition coefficient (Wildman–Crippen LogP) is 2.01. The smallest absolute Gasteiger partial charge is 0.120 e. The highest BCUT2D eigenvalue weighted by molar-refractivity contribution is 5.49. The van der Waals surface area contributed by atoms with Crippen LogP contribution in [-0.4, -0.2) is 6.29 Å². The largest absolute Gasteiger partial charge is 0.303 e. The third kappa shape index (κ3) is 3.85. The van der Waals surface area contributed by atoms with E-state index in [0.717, 1.165) is 12.7 Å². The second-order valence-corrected chi connectivity index (χ2v) is 2.30. The number of hydrogen-bond acceptors (Lipinski definition) is 1. The van der Waals surface area contributed by atoms with E-state index in [2.05, 4.69) is 13.8 Å². The van der Waals surface area contributed by atoms with Crippen molar-refractivity contribution >= 4 is 6.29 Å². The van der Waals surface area contributed by atoms with Crippen molar-refractivity contribution in [2.75, 3.05) is 0 Å². The third-order valence-corrected chi connectivity index (χ3v) is 1.28. The van der Waals surface area contributed by atoms with Gasteiger partial charge in [-0.15, -0.1) is 0 Å². The zero-order valence-electron chi connectivity index (χ0n) is 5.68. The van der Waals surface area contributed by atoms with E-state index < -0.39 is 0 Å². The van der Waals surface area contributed by atoms with Gasteiger partial charge >= 0.3 is 0 Å². The summed E-state index contributed by atoms with van der Waals surface area (Å²) in [5.74, 6) is 0.595.